The Kier molecular flexibility index (Phi) is 4.60. The van der Waals surface area contributed by atoms with Gasteiger partial charge in [0.15, 0.2) is 0 Å². The van der Waals surface area contributed by atoms with E-state index in [2.05, 4.69) is 10.9 Å². The SMILES string of the molecule is Nc1ccccc1C(=O)NNc1c(Cl)cc(Cl)cc1Cl. The summed E-state index contributed by atoms with van der Waals surface area (Å²) in [4.78, 5) is 12.0. The van der Waals surface area contributed by atoms with Crippen molar-refractivity contribution in [2.45, 2.75) is 0 Å². The van der Waals surface area contributed by atoms with Crippen LogP contribution in [0.2, 0.25) is 15.1 Å². The van der Waals surface area contributed by atoms with Crippen LogP contribution in [0.1, 0.15) is 10.4 Å². The molecule has 2 aromatic carbocycles. The van der Waals surface area contributed by atoms with E-state index in [9.17, 15) is 4.79 Å². The Balaban J connectivity index is 2.14. The molecule has 104 valence electrons. The number of carbonyl (C=O) groups is 1. The highest BCUT2D eigenvalue weighted by Gasteiger charge is 2.11. The van der Waals surface area contributed by atoms with Crippen LogP contribution in [0, 0.1) is 0 Å². The molecular formula is C13H10Cl3N3O. The number of hydrogen-bond acceptors (Lipinski definition) is 3. The molecule has 0 aliphatic rings. The van der Waals surface area contributed by atoms with Crippen molar-refractivity contribution in [3.8, 4) is 0 Å². The quantitative estimate of drug-likeness (QED) is 0.589. The number of hydrogen-bond donors (Lipinski definition) is 3. The summed E-state index contributed by atoms with van der Waals surface area (Å²) >= 11 is 17.8. The molecule has 0 fully saturated rings. The summed E-state index contributed by atoms with van der Waals surface area (Å²) < 4.78 is 0. The van der Waals surface area contributed by atoms with Gasteiger partial charge in [-0.15, -0.1) is 0 Å². The number of nitrogens with one attached hydrogen (secondary N) is 2. The van der Waals surface area contributed by atoms with Crippen molar-refractivity contribution >= 4 is 52.1 Å². The molecule has 2 aromatic rings. The van der Waals surface area contributed by atoms with Gasteiger partial charge in [0.05, 0.1) is 21.3 Å². The number of para-hydroxylation sites is 1. The minimum atomic E-state index is -0.398. The van der Waals surface area contributed by atoms with Gasteiger partial charge in [0, 0.05) is 10.7 Å². The predicted octanol–water partition coefficient (Wildman–Crippen LogP) is 3.99. The molecular weight excluding hydrogens is 321 g/mol. The van der Waals surface area contributed by atoms with Crippen molar-refractivity contribution in [2.75, 3.05) is 11.2 Å². The Hall–Kier alpha value is -1.62. The number of anilines is 2. The molecule has 0 aliphatic carbocycles. The third kappa shape index (κ3) is 3.28. The Bertz CT molecular complexity index is 638. The van der Waals surface area contributed by atoms with E-state index in [1.807, 2.05) is 0 Å². The maximum atomic E-state index is 12.0. The van der Waals surface area contributed by atoms with Gasteiger partial charge in [-0.25, -0.2) is 0 Å². The van der Waals surface area contributed by atoms with E-state index in [1.165, 1.54) is 12.1 Å². The van der Waals surface area contributed by atoms with E-state index in [1.54, 1.807) is 24.3 Å². The molecule has 0 saturated carbocycles. The maximum Gasteiger partial charge on any atom is 0.271 e. The number of hydrazine groups is 1. The average molecular weight is 331 g/mol. The van der Waals surface area contributed by atoms with Crippen molar-refractivity contribution in [2.24, 2.45) is 0 Å². The summed E-state index contributed by atoms with van der Waals surface area (Å²) in [5.74, 6) is -0.398. The second-order valence-electron chi connectivity index (χ2n) is 3.91. The van der Waals surface area contributed by atoms with Crippen molar-refractivity contribution in [1.29, 1.82) is 0 Å². The van der Waals surface area contributed by atoms with Crippen LogP contribution < -0.4 is 16.6 Å². The molecule has 0 aromatic heterocycles. The van der Waals surface area contributed by atoms with Crippen molar-refractivity contribution in [3.05, 3.63) is 57.0 Å². The van der Waals surface area contributed by atoms with Gasteiger partial charge in [0.2, 0.25) is 0 Å². The minimum Gasteiger partial charge on any atom is -0.398 e. The van der Waals surface area contributed by atoms with E-state index in [0.717, 1.165) is 0 Å². The van der Waals surface area contributed by atoms with Gasteiger partial charge in [0.1, 0.15) is 0 Å². The highest BCUT2D eigenvalue weighted by Crippen LogP contribution is 2.33. The van der Waals surface area contributed by atoms with Gasteiger partial charge in [-0.1, -0.05) is 46.9 Å². The predicted molar refractivity (Wildman–Crippen MR) is 83.4 cm³/mol. The molecule has 1 amide bonds. The summed E-state index contributed by atoms with van der Waals surface area (Å²) in [7, 11) is 0. The van der Waals surface area contributed by atoms with Crippen LogP contribution >= 0.6 is 34.8 Å². The number of benzene rings is 2. The summed E-state index contributed by atoms with van der Waals surface area (Å²) in [6.07, 6.45) is 0. The van der Waals surface area contributed by atoms with Gasteiger partial charge in [-0.05, 0) is 24.3 Å². The normalized spacial score (nSPS) is 10.2. The van der Waals surface area contributed by atoms with Crippen molar-refractivity contribution in [1.82, 2.24) is 5.43 Å². The lowest BCUT2D eigenvalue weighted by Crippen LogP contribution is -2.30. The summed E-state index contributed by atoms with van der Waals surface area (Å²) in [6.45, 7) is 0. The molecule has 2 rings (SSSR count). The second-order valence-corrected chi connectivity index (χ2v) is 5.16. The Morgan fingerprint density at radius 3 is 2.25 bits per heavy atom. The molecule has 0 aliphatic heterocycles. The standard InChI is InChI=1S/C13H10Cl3N3O/c14-7-5-9(15)12(10(16)6-7)18-19-13(20)8-3-1-2-4-11(8)17/h1-6,18H,17H2,(H,19,20). The van der Waals surface area contributed by atoms with Crippen LogP contribution in [-0.4, -0.2) is 5.91 Å². The zero-order valence-corrected chi connectivity index (χ0v) is 12.4. The van der Waals surface area contributed by atoms with Crippen LogP contribution in [0.4, 0.5) is 11.4 Å². The van der Waals surface area contributed by atoms with Gasteiger partial charge < -0.3 is 5.73 Å². The van der Waals surface area contributed by atoms with E-state index in [4.69, 9.17) is 40.5 Å². The number of amides is 1. The fourth-order valence-electron chi connectivity index (χ4n) is 1.55. The topological polar surface area (TPSA) is 67.2 Å². The first-order valence-electron chi connectivity index (χ1n) is 5.54. The first-order chi connectivity index (χ1) is 9.49. The van der Waals surface area contributed by atoms with Gasteiger partial charge in [-0.2, -0.15) is 0 Å². The van der Waals surface area contributed by atoms with E-state index >= 15 is 0 Å². The van der Waals surface area contributed by atoms with Crippen LogP contribution in [0.5, 0.6) is 0 Å². The van der Waals surface area contributed by atoms with Gasteiger partial charge >= 0.3 is 0 Å². The van der Waals surface area contributed by atoms with E-state index in [0.29, 0.717) is 32.0 Å². The van der Waals surface area contributed by atoms with E-state index in [-0.39, 0.29) is 0 Å². The molecule has 20 heavy (non-hydrogen) atoms. The fourth-order valence-corrected chi connectivity index (χ4v) is 2.46. The van der Waals surface area contributed by atoms with Crippen LogP contribution in [0.25, 0.3) is 0 Å². The number of nitrogens with two attached hydrogens (primary N) is 1. The van der Waals surface area contributed by atoms with Crippen LogP contribution in [-0.2, 0) is 0 Å². The first-order valence-corrected chi connectivity index (χ1v) is 6.68. The zero-order valence-electron chi connectivity index (χ0n) is 10.1. The molecule has 0 unspecified atom stereocenters. The third-order valence-corrected chi connectivity index (χ3v) is 3.33. The lowest BCUT2D eigenvalue weighted by molar-refractivity contribution is 0.0963. The summed E-state index contributed by atoms with van der Waals surface area (Å²) in [6, 6.07) is 9.73. The first kappa shape index (κ1) is 14.8. The molecule has 0 saturated heterocycles. The Labute approximate surface area is 130 Å². The van der Waals surface area contributed by atoms with Gasteiger partial charge in [-0.3, -0.25) is 15.6 Å². The fraction of sp³-hybridized carbons (Fsp3) is 0. The second kappa shape index (κ2) is 6.22. The molecule has 0 heterocycles. The largest absolute Gasteiger partial charge is 0.398 e. The molecule has 0 radical (unpaired) electrons. The lowest BCUT2D eigenvalue weighted by atomic mass is 10.2. The van der Waals surface area contributed by atoms with E-state index < -0.39 is 5.91 Å². The number of carbonyl (C=O) groups excluding carboxylic acids is 1. The number of halogens is 3. The molecule has 0 spiro atoms. The summed E-state index contributed by atoms with van der Waals surface area (Å²) in [5.41, 5.74) is 11.9. The third-order valence-electron chi connectivity index (χ3n) is 2.51. The van der Waals surface area contributed by atoms with Gasteiger partial charge in [0.25, 0.3) is 5.91 Å². The molecule has 4 nitrogen and oxygen atoms in total. The van der Waals surface area contributed by atoms with Crippen LogP contribution in [0.3, 0.4) is 0 Å². The smallest absolute Gasteiger partial charge is 0.271 e. The number of nitrogen functional groups attached to an aromatic ring is 1. The monoisotopic (exact) mass is 329 g/mol. The lowest BCUT2D eigenvalue weighted by Gasteiger charge is -2.12. The molecule has 7 heteroatoms. The Morgan fingerprint density at radius 2 is 1.65 bits per heavy atom. The molecule has 4 N–H and O–H groups in total. The molecule has 0 bridgehead atoms. The zero-order chi connectivity index (χ0) is 14.7. The van der Waals surface area contributed by atoms with Crippen molar-refractivity contribution < 1.29 is 4.79 Å². The highest BCUT2D eigenvalue weighted by molar-refractivity contribution is 6.41. The number of rotatable bonds is 3. The average Bonchev–Trinajstić information content (AvgIpc) is 2.37. The van der Waals surface area contributed by atoms with Crippen molar-refractivity contribution in [3.63, 3.8) is 0 Å². The van der Waals surface area contributed by atoms with Crippen LogP contribution in [0.15, 0.2) is 36.4 Å². The Morgan fingerprint density at radius 1 is 1.05 bits per heavy atom. The molecule has 0 atom stereocenters. The summed E-state index contributed by atoms with van der Waals surface area (Å²) in [5, 5.41) is 0.997. The maximum absolute atomic E-state index is 12.0. The highest BCUT2D eigenvalue weighted by atomic mass is 35.5. The minimum absolute atomic E-state index is 0.295.